The van der Waals surface area contributed by atoms with Crippen LogP contribution in [0.25, 0.3) is 6.08 Å². The molecule has 2 unspecified atom stereocenters. The van der Waals surface area contributed by atoms with Crippen LogP contribution in [0, 0.1) is 17.6 Å². The van der Waals surface area contributed by atoms with Crippen molar-refractivity contribution >= 4 is 6.08 Å². The molecule has 2 aliphatic rings. The molecule has 4 rings (SSSR count). The van der Waals surface area contributed by atoms with Crippen LogP contribution in [0.5, 0.6) is 0 Å². The van der Waals surface area contributed by atoms with E-state index in [0.717, 1.165) is 63.3 Å². The van der Waals surface area contributed by atoms with E-state index < -0.39 is 17.2 Å². The molecule has 0 radical (unpaired) electrons. The van der Waals surface area contributed by atoms with Gasteiger partial charge in [-0.05, 0) is 63.1 Å². The van der Waals surface area contributed by atoms with Gasteiger partial charge in [-0.15, -0.1) is 0 Å². The molecule has 1 aromatic carbocycles. The molecule has 0 spiro atoms. The van der Waals surface area contributed by atoms with Gasteiger partial charge in [-0.3, -0.25) is 0 Å². The molecule has 168 valence electrons. The Hall–Kier alpha value is -2.02. The lowest BCUT2D eigenvalue weighted by molar-refractivity contribution is -0.0358. The summed E-state index contributed by atoms with van der Waals surface area (Å²) >= 11 is 0. The Morgan fingerprint density at radius 1 is 1.13 bits per heavy atom. The van der Waals surface area contributed by atoms with Crippen molar-refractivity contribution in [1.82, 2.24) is 9.80 Å². The molecule has 1 aliphatic heterocycles. The fourth-order valence-electron chi connectivity index (χ4n) is 4.99. The SMILES string of the molecule is CN1CCN(CC2CCCC(=Cc3ccco3)CC2(O)Cc2c(F)cccc2F)CC1. The van der Waals surface area contributed by atoms with E-state index in [1.54, 1.807) is 6.26 Å². The number of nitrogens with zero attached hydrogens (tertiary/aromatic N) is 2. The summed E-state index contributed by atoms with van der Waals surface area (Å²) in [6.45, 7) is 4.64. The third-order valence-corrected chi connectivity index (χ3v) is 6.85. The number of aliphatic hydroxyl groups is 1. The Morgan fingerprint density at radius 3 is 2.55 bits per heavy atom. The van der Waals surface area contributed by atoms with Crippen LogP contribution in [-0.2, 0) is 6.42 Å². The van der Waals surface area contributed by atoms with E-state index >= 15 is 0 Å². The molecular weight excluding hydrogens is 398 g/mol. The second-order valence-electron chi connectivity index (χ2n) is 9.17. The van der Waals surface area contributed by atoms with Crippen LogP contribution < -0.4 is 0 Å². The Kier molecular flexibility index (Phi) is 6.89. The minimum absolute atomic E-state index is 0.0207. The summed E-state index contributed by atoms with van der Waals surface area (Å²) in [5.74, 6) is -0.496. The highest BCUT2D eigenvalue weighted by Crippen LogP contribution is 2.40. The quantitative estimate of drug-likeness (QED) is 0.716. The van der Waals surface area contributed by atoms with E-state index in [0.29, 0.717) is 6.42 Å². The molecule has 1 N–H and O–H groups in total. The summed E-state index contributed by atoms with van der Waals surface area (Å²) in [7, 11) is 2.12. The third-order valence-electron chi connectivity index (χ3n) is 6.85. The van der Waals surface area contributed by atoms with Crippen LogP contribution in [0.15, 0.2) is 46.6 Å². The third kappa shape index (κ3) is 5.43. The lowest BCUT2D eigenvalue weighted by Gasteiger charge is -2.41. The summed E-state index contributed by atoms with van der Waals surface area (Å²) in [5.41, 5.74) is -0.177. The van der Waals surface area contributed by atoms with Crippen molar-refractivity contribution in [3.8, 4) is 0 Å². The summed E-state index contributed by atoms with van der Waals surface area (Å²) in [5, 5.41) is 12.0. The van der Waals surface area contributed by atoms with Crippen molar-refractivity contribution in [2.24, 2.45) is 5.92 Å². The molecule has 6 heteroatoms. The zero-order valence-corrected chi connectivity index (χ0v) is 18.2. The Bertz CT molecular complexity index is 871. The van der Waals surface area contributed by atoms with E-state index in [2.05, 4.69) is 16.8 Å². The van der Waals surface area contributed by atoms with Gasteiger partial charge in [0.15, 0.2) is 0 Å². The molecule has 2 fully saturated rings. The summed E-state index contributed by atoms with van der Waals surface area (Å²) in [6, 6.07) is 7.63. The monoisotopic (exact) mass is 430 g/mol. The van der Waals surface area contributed by atoms with E-state index in [1.807, 2.05) is 18.2 Å². The Balaban J connectivity index is 1.62. The normalized spacial score (nSPS) is 27.5. The maximum Gasteiger partial charge on any atom is 0.129 e. The summed E-state index contributed by atoms with van der Waals surface area (Å²) in [4.78, 5) is 4.68. The van der Waals surface area contributed by atoms with Crippen LogP contribution in [0.2, 0.25) is 0 Å². The lowest BCUT2D eigenvalue weighted by Crippen LogP contribution is -2.51. The van der Waals surface area contributed by atoms with Crippen molar-refractivity contribution in [1.29, 1.82) is 0 Å². The van der Waals surface area contributed by atoms with Crippen LogP contribution in [0.4, 0.5) is 8.78 Å². The van der Waals surface area contributed by atoms with Crippen molar-refractivity contribution in [3.05, 3.63) is 65.1 Å². The molecule has 1 aromatic heterocycles. The van der Waals surface area contributed by atoms with E-state index in [-0.39, 0.29) is 17.9 Å². The van der Waals surface area contributed by atoms with Gasteiger partial charge in [-0.2, -0.15) is 0 Å². The molecule has 2 heterocycles. The van der Waals surface area contributed by atoms with Crippen LogP contribution in [0.3, 0.4) is 0 Å². The highest BCUT2D eigenvalue weighted by atomic mass is 19.1. The molecular formula is C25H32F2N2O2. The molecule has 0 amide bonds. The fourth-order valence-corrected chi connectivity index (χ4v) is 4.99. The predicted octanol–water partition coefficient (Wildman–Crippen LogP) is 4.35. The summed E-state index contributed by atoms with van der Waals surface area (Å²) in [6.07, 6.45) is 6.57. The molecule has 4 nitrogen and oxygen atoms in total. The topological polar surface area (TPSA) is 39.9 Å². The van der Waals surface area contributed by atoms with Crippen molar-refractivity contribution in [2.75, 3.05) is 39.8 Å². The fraction of sp³-hybridized carbons (Fsp3) is 0.520. The number of piperazine rings is 1. The maximum absolute atomic E-state index is 14.5. The minimum Gasteiger partial charge on any atom is -0.465 e. The lowest BCUT2D eigenvalue weighted by atomic mass is 9.77. The van der Waals surface area contributed by atoms with Crippen molar-refractivity contribution in [2.45, 2.75) is 37.7 Å². The number of hydrogen-bond acceptors (Lipinski definition) is 4. The molecule has 1 saturated heterocycles. The van der Waals surface area contributed by atoms with E-state index in [9.17, 15) is 13.9 Å². The zero-order chi connectivity index (χ0) is 21.8. The second-order valence-corrected chi connectivity index (χ2v) is 9.17. The Morgan fingerprint density at radius 2 is 1.87 bits per heavy atom. The molecule has 31 heavy (non-hydrogen) atoms. The molecule has 0 bridgehead atoms. The zero-order valence-electron chi connectivity index (χ0n) is 18.2. The van der Waals surface area contributed by atoms with Gasteiger partial charge in [0, 0.05) is 50.6 Å². The molecule has 2 atom stereocenters. The van der Waals surface area contributed by atoms with Gasteiger partial charge in [0.1, 0.15) is 17.4 Å². The highest BCUT2D eigenvalue weighted by Gasteiger charge is 2.41. The average molecular weight is 431 g/mol. The second kappa shape index (κ2) is 9.63. The average Bonchev–Trinajstić information content (AvgIpc) is 3.19. The van der Waals surface area contributed by atoms with Gasteiger partial charge in [0.25, 0.3) is 0 Å². The van der Waals surface area contributed by atoms with Gasteiger partial charge in [0.2, 0.25) is 0 Å². The van der Waals surface area contributed by atoms with Crippen LogP contribution in [0.1, 0.15) is 37.0 Å². The largest absolute Gasteiger partial charge is 0.465 e. The number of likely N-dealkylation sites (N-methyl/N-ethyl adjacent to an activating group) is 1. The first-order valence-electron chi connectivity index (χ1n) is 11.2. The standard InChI is InChI=1S/C25H32F2N2O2/c1-28-10-12-29(13-11-28)18-20-6-2-5-19(15-21-7-4-14-31-21)16-25(20,30)17-22-23(26)8-3-9-24(22)27/h3-4,7-9,14-15,20,30H,2,5-6,10-13,16-18H2,1H3. The number of halogens is 2. The smallest absolute Gasteiger partial charge is 0.129 e. The van der Waals surface area contributed by atoms with E-state index in [4.69, 9.17) is 4.42 Å². The van der Waals surface area contributed by atoms with Gasteiger partial charge in [0.05, 0.1) is 11.9 Å². The number of rotatable bonds is 5. The number of benzene rings is 1. The van der Waals surface area contributed by atoms with Gasteiger partial charge >= 0.3 is 0 Å². The van der Waals surface area contributed by atoms with Gasteiger partial charge in [-0.1, -0.05) is 11.6 Å². The van der Waals surface area contributed by atoms with Gasteiger partial charge < -0.3 is 19.3 Å². The predicted molar refractivity (Wildman–Crippen MR) is 118 cm³/mol. The minimum atomic E-state index is -1.22. The highest BCUT2D eigenvalue weighted by molar-refractivity contribution is 5.48. The number of hydrogen-bond donors (Lipinski definition) is 1. The van der Waals surface area contributed by atoms with Crippen LogP contribution in [-0.4, -0.2) is 60.3 Å². The first-order valence-corrected chi connectivity index (χ1v) is 11.2. The first-order chi connectivity index (χ1) is 14.9. The molecule has 2 aromatic rings. The number of furan rings is 1. The first kappa shape index (κ1) is 22.2. The molecule has 1 saturated carbocycles. The maximum atomic E-state index is 14.5. The summed E-state index contributed by atoms with van der Waals surface area (Å²) < 4.78 is 34.5. The van der Waals surface area contributed by atoms with Crippen LogP contribution >= 0.6 is 0 Å². The van der Waals surface area contributed by atoms with E-state index in [1.165, 1.54) is 18.2 Å². The van der Waals surface area contributed by atoms with Crippen molar-refractivity contribution < 1.29 is 18.3 Å². The molecule has 1 aliphatic carbocycles. The Labute approximate surface area is 183 Å². The van der Waals surface area contributed by atoms with Gasteiger partial charge in [-0.25, -0.2) is 8.78 Å². The van der Waals surface area contributed by atoms with Crippen molar-refractivity contribution in [3.63, 3.8) is 0 Å².